The van der Waals surface area contributed by atoms with E-state index in [1.54, 1.807) is 53.7 Å². The molecule has 0 saturated heterocycles. The molecule has 11 nitrogen and oxygen atoms in total. The Morgan fingerprint density at radius 3 is 2.41 bits per heavy atom. The van der Waals surface area contributed by atoms with Crippen molar-refractivity contribution >= 4 is 29.2 Å². The Morgan fingerprint density at radius 2 is 1.79 bits per heavy atom. The number of carbonyl (C=O) groups excluding carboxylic acids is 2. The summed E-state index contributed by atoms with van der Waals surface area (Å²) in [6, 6.07) is 6.55. The van der Waals surface area contributed by atoms with Gasteiger partial charge in [-0.3, -0.25) is 5.32 Å². The van der Waals surface area contributed by atoms with Gasteiger partial charge in [-0.2, -0.15) is 0 Å². The number of fused-ring (bicyclic) bond motifs is 1. The molecule has 0 bridgehead atoms. The van der Waals surface area contributed by atoms with Crippen molar-refractivity contribution in [2.24, 2.45) is 10.7 Å². The standard InChI is InChI=1S/C23H35N5O6/c1-22(2,3)33-20(30)27-19(28-21(31)34-23(4,5)6)25-13-9-10-14(24)17(29)18-26-15-11-7-8-12-16(15)32-18/h7-8,11-12,14,17,29H,9-10,13,24H2,1-6H3,(H2,25,27,28,30,31)/t14-,17?/m0/s1. The minimum Gasteiger partial charge on any atom is -0.444 e. The maximum Gasteiger partial charge on any atom is 0.437 e. The largest absolute Gasteiger partial charge is 0.444 e. The third-order valence-corrected chi connectivity index (χ3v) is 4.19. The molecule has 0 aliphatic carbocycles. The Morgan fingerprint density at radius 1 is 1.15 bits per heavy atom. The Kier molecular flexibility index (Phi) is 9.00. The number of aliphatic hydroxyl groups is 1. The summed E-state index contributed by atoms with van der Waals surface area (Å²) in [5.41, 5.74) is 5.86. The lowest BCUT2D eigenvalue weighted by Gasteiger charge is -2.21. The number of aliphatic hydroxyl groups excluding tert-OH is 1. The van der Waals surface area contributed by atoms with Crippen molar-refractivity contribution < 1.29 is 28.6 Å². The molecule has 2 amide bonds. The van der Waals surface area contributed by atoms with Crippen LogP contribution < -0.4 is 16.4 Å². The summed E-state index contributed by atoms with van der Waals surface area (Å²) >= 11 is 0. The van der Waals surface area contributed by atoms with E-state index in [9.17, 15) is 14.7 Å². The van der Waals surface area contributed by atoms with Gasteiger partial charge in [-0.25, -0.2) is 14.6 Å². The van der Waals surface area contributed by atoms with E-state index in [4.69, 9.17) is 19.6 Å². The minimum absolute atomic E-state index is 0.114. The predicted octanol–water partition coefficient (Wildman–Crippen LogP) is 3.37. The van der Waals surface area contributed by atoms with Gasteiger partial charge >= 0.3 is 12.2 Å². The van der Waals surface area contributed by atoms with Crippen LogP contribution in [-0.2, 0) is 9.47 Å². The number of guanidine groups is 1. The SMILES string of the molecule is CC(C)(C)OC(=O)/N=C(/NCCC[C@H](N)C(O)c1nc2ccccc2o1)NC(=O)OC(C)(C)C. The van der Waals surface area contributed by atoms with Gasteiger partial charge in [-0.05, 0) is 66.5 Å². The molecule has 5 N–H and O–H groups in total. The van der Waals surface area contributed by atoms with Crippen molar-refractivity contribution in [1.82, 2.24) is 15.6 Å². The molecule has 1 aromatic carbocycles. The monoisotopic (exact) mass is 477 g/mol. The fourth-order valence-electron chi connectivity index (χ4n) is 2.79. The van der Waals surface area contributed by atoms with E-state index >= 15 is 0 Å². The van der Waals surface area contributed by atoms with Crippen LogP contribution in [0.25, 0.3) is 11.1 Å². The molecule has 1 aromatic heterocycles. The molecule has 188 valence electrons. The zero-order chi connectivity index (χ0) is 25.5. The summed E-state index contributed by atoms with van der Waals surface area (Å²) in [6.45, 7) is 10.6. The number of rotatable bonds is 6. The maximum absolute atomic E-state index is 12.1. The predicted molar refractivity (Wildman–Crippen MR) is 127 cm³/mol. The number of aromatic nitrogens is 1. The number of nitrogens with two attached hydrogens (primary N) is 1. The highest BCUT2D eigenvalue weighted by molar-refractivity contribution is 5.98. The minimum atomic E-state index is -1.08. The number of alkyl carbamates (subject to hydrolysis) is 1. The first-order valence-corrected chi connectivity index (χ1v) is 11.1. The lowest BCUT2D eigenvalue weighted by molar-refractivity contribution is 0.0560. The van der Waals surface area contributed by atoms with Crippen LogP contribution in [-0.4, -0.2) is 52.0 Å². The van der Waals surface area contributed by atoms with Gasteiger partial charge in [0.15, 0.2) is 5.58 Å². The van der Waals surface area contributed by atoms with Crippen LogP contribution in [0.1, 0.15) is 66.4 Å². The molecule has 34 heavy (non-hydrogen) atoms. The molecule has 2 aromatic rings. The maximum atomic E-state index is 12.1. The average molecular weight is 478 g/mol. The van der Waals surface area contributed by atoms with Crippen LogP contribution in [0, 0.1) is 0 Å². The second kappa shape index (κ2) is 11.3. The Labute approximate surface area is 199 Å². The van der Waals surface area contributed by atoms with Gasteiger partial charge in [-0.15, -0.1) is 4.99 Å². The van der Waals surface area contributed by atoms with E-state index in [2.05, 4.69) is 20.6 Å². The number of ether oxygens (including phenoxy) is 2. The Bertz CT molecular complexity index is 972. The fraction of sp³-hybridized carbons (Fsp3) is 0.565. The van der Waals surface area contributed by atoms with Crippen molar-refractivity contribution in [2.75, 3.05) is 6.54 Å². The van der Waals surface area contributed by atoms with E-state index < -0.39 is 35.5 Å². The Balaban J connectivity index is 1.93. The van der Waals surface area contributed by atoms with E-state index in [-0.39, 0.29) is 11.9 Å². The van der Waals surface area contributed by atoms with E-state index in [1.807, 2.05) is 12.1 Å². The number of nitrogens with zero attached hydrogens (tertiary/aromatic N) is 2. The quantitative estimate of drug-likeness (QED) is 0.278. The van der Waals surface area contributed by atoms with Gasteiger partial charge < -0.3 is 30.0 Å². The van der Waals surface area contributed by atoms with E-state index in [0.29, 0.717) is 30.5 Å². The van der Waals surface area contributed by atoms with Crippen LogP contribution in [0.15, 0.2) is 33.7 Å². The van der Waals surface area contributed by atoms with Crippen LogP contribution in [0.4, 0.5) is 9.59 Å². The smallest absolute Gasteiger partial charge is 0.437 e. The molecular weight excluding hydrogens is 442 g/mol. The average Bonchev–Trinajstić information content (AvgIpc) is 3.11. The van der Waals surface area contributed by atoms with Crippen molar-refractivity contribution in [3.8, 4) is 0 Å². The number of amides is 2. The first kappa shape index (κ1) is 27.1. The first-order chi connectivity index (χ1) is 15.7. The van der Waals surface area contributed by atoms with Crippen LogP contribution in [0.3, 0.4) is 0 Å². The molecular formula is C23H35N5O6. The van der Waals surface area contributed by atoms with Gasteiger partial charge in [0, 0.05) is 12.6 Å². The van der Waals surface area contributed by atoms with Gasteiger partial charge in [-0.1, -0.05) is 12.1 Å². The summed E-state index contributed by atoms with van der Waals surface area (Å²) in [7, 11) is 0. The molecule has 0 radical (unpaired) electrons. The zero-order valence-electron chi connectivity index (χ0n) is 20.5. The van der Waals surface area contributed by atoms with E-state index in [0.717, 1.165) is 0 Å². The van der Waals surface area contributed by atoms with Crippen molar-refractivity contribution in [1.29, 1.82) is 0 Å². The van der Waals surface area contributed by atoms with Crippen molar-refractivity contribution in [3.05, 3.63) is 30.2 Å². The van der Waals surface area contributed by atoms with Crippen LogP contribution in [0.5, 0.6) is 0 Å². The van der Waals surface area contributed by atoms with Gasteiger partial charge in [0.1, 0.15) is 22.8 Å². The summed E-state index contributed by atoms with van der Waals surface area (Å²) in [6.07, 6.45) is -1.83. The number of benzene rings is 1. The highest BCUT2D eigenvalue weighted by atomic mass is 16.6. The molecule has 11 heteroatoms. The summed E-state index contributed by atoms with van der Waals surface area (Å²) < 4.78 is 16.0. The second-order valence-corrected chi connectivity index (χ2v) is 9.77. The summed E-state index contributed by atoms with van der Waals surface area (Å²) in [5.74, 6) is 0.0389. The molecule has 2 rings (SSSR count). The lowest BCUT2D eigenvalue weighted by Crippen LogP contribution is -2.44. The zero-order valence-corrected chi connectivity index (χ0v) is 20.5. The third-order valence-electron chi connectivity index (χ3n) is 4.19. The third kappa shape index (κ3) is 9.36. The molecule has 0 fully saturated rings. The number of hydrogen-bond donors (Lipinski definition) is 4. The molecule has 0 saturated carbocycles. The molecule has 1 unspecified atom stereocenters. The second-order valence-electron chi connectivity index (χ2n) is 9.77. The van der Waals surface area contributed by atoms with Crippen LogP contribution in [0.2, 0.25) is 0 Å². The molecule has 0 aliphatic rings. The summed E-state index contributed by atoms with van der Waals surface area (Å²) in [4.78, 5) is 32.3. The lowest BCUT2D eigenvalue weighted by atomic mass is 10.1. The number of aliphatic imine (C=N–C) groups is 1. The van der Waals surface area contributed by atoms with Crippen molar-refractivity contribution in [3.63, 3.8) is 0 Å². The topological polar surface area (TPSA) is 161 Å². The van der Waals surface area contributed by atoms with Gasteiger partial charge in [0.2, 0.25) is 11.9 Å². The molecule has 1 heterocycles. The normalized spacial score (nSPS) is 14.4. The molecule has 2 atom stereocenters. The molecule has 0 aliphatic heterocycles. The van der Waals surface area contributed by atoms with Crippen molar-refractivity contribution in [2.45, 2.75) is 77.7 Å². The Hall–Kier alpha value is -3.18. The van der Waals surface area contributed by atoms with E-state index in [1.165, 1.54) is 0 Å². The number of oxazole rings is 1. The molecule has 0 spiro atoms. The fourth-order valence-corrected chi connectivity index (χ4v) is 2.79. The number of hydrogen-bond acceptors (Lipinski definition) is 8. The summed E-state index contributed by atoms with van der Waals surface area (Å²) in [5, 5.41) is 15.8. The highest BCUT2D eigenvalue weighted by Crippen LogP contribution is 2.22. The number of para-hydroxylation sites is 2. The number of carbonyl (C=O) groups is 2. The van der Waals surface area contributed by atoms with Gasteiger partial charge in [0.25, 0.3) is 0 Å². The number of nitrogens with one attached hydrogen (secondary N) is 2. The first-order valence-electron chi connectivity index (χ1n) is 11.1. The highest BCUT2D eigenvalue weighted by Gasteiger charge is 2.23. The van der Waals surface area contributed by atoms with Gasteiger partial charge in [0.05, 0.1) is 0 Å². The van der Waals surface area contributed by atoms with Crippen LogP contribution >= 0.6 is 0 Å².